The van der Waals surface area contributed by atoms with E-state index in [4.69, 9.17) is 19.6 Å². The molecule has 0 rings (SSSR count). The first kappa shape index (κ1) is 17.4. The molecule has 0 aliphatic carbocycles. The first-order valence-electron chi connectivity index (χ1n) is 6.29. The lowest BCUT2D eigenvalue weighted by atomic mass is 10.1. The average molecular weight is 278 g/mol. The van der Waals surface area contributed by atoms with Crippen LogP contribution in [0.15, 0.2) is 0 Å². The van der Waals surface area contributed by atoms with E-state index < -0.39 is 12.0 Å². The van der Waals surface area contributed by atoms with Crippen LogP contribution in [0.25, 0.3) is 0 Å². The zero-order valence-corrected chi connectivity index (χ0v) is 13.7. The number of amides is 2. The Morgan fingerprint density at radius 3 is 2.22 bits per heavy atom. The number of hydrogen-bond donors (Lipinski definition) is 2. The maximum atomic E-state index is 10.4. The topological polar surface area (TPSA) is 82.8 Å². The molecule has 0 fully saturated rings. The molecular weight excluding hydrogens is 252 g/mol. The lowest BCUT2D eigenvalue weighted by molar-refractivity contribution is -0.325. The summed E-state index contributed by atoms with van der Waals surface area (Å²) in [6.45, 7) is 0.652. The Labute approximate surface area is 112 Å². The molecule has 0 spiro atoms. The van der Waals surface area contributed by atoms with Crippen molar-refractivity contribution in [3.8, 4) is 0 Å². The number of methoxy groups -OCH3 is 2. The number of nitrogens with two attached hydrogens (primary N) is 1. The van der Waals surface area contributed by atoms with E-state index in [-0.39, 0.29) is 0 Å². The molecule has 0 aromatic rings. The molecule has 7 heteroatoms. The summed E-state index contributed by atoms with van der Waals surface area (Å²) in [6, 6.07) is -0.454. The van der Waals surface area contributed by atoms with Crippen molar-refractivity contribution >= 4 is 16.5 Å². The summed E-state index contributed by atoms with van der Waals surface area (Å²) in [4.78, 5) is 10.4. The number of rotatable bonds is 11. The van der Waals surface area contributed by atoms with Gasteiger partial charge in [-0.15, -0.1) is 0 Å². The van der Waals surface area contributed by atoms with Crippen LogP contribution in [0.5, 0.6) is 0 Å². The summed E-state index contributed by atoms with van der Waals surface area (Å²) >= 11 is 0. The number of unbranched alkanes of at least 4 members (excludes halogenated alkanes) is 4. The van der Waals surface area contributed by atoms with E-state index in [9.17, 15) is 4.79 Å². The molecule has 0 aliphatic rings. The highest BCUT2D eigenvalue weighted by molar-refractivity contribution is 5.98. The highest BCUT2D eigenvalue weighted by Crippen LogP contribution is 2.20. The van der Waals surface area contributed by atoms with E-state index in [2.05, 4.69) is 5.32 Å². The van der Waals surface area contributed by atoms with Gasteiger partial charge in [0.15, 0.2) is 10.5 Å². The Kier molecular flexibility index (Phi) is 9.94. The number of nitrogens with one attached hydrogen (secondary N) is 1. The fraction of sp³-hybridized carbons (Fsp3) is 0.909. The molecule has 3 N–H and O–H groups in total. The predicted molar refractivity (Wildman–Crippen MR) is 73.1 cm³/mol. The van der Waals surface area contributed by atoms with Crippen molar-refractivity contribution in [2.75, 3.05) is 20.8 Å². The van der Waals surface area contributed by atoms with Gasteiger partial charge in [0.2, 0.25) is 0 Å². The van der Waals surface area contributed by atoms with Crippen LogP contribution < -0.4 is 11.1 Å². The van der Waals surface area contributed by atoms with Gasteiger partial charge < -0.3 is 25.0 Å². The molecule has 2 amide bonds. The van der Waals surface area contributed by atoms with Gasteiger partial charge in [-0.2, -0.15) is 0 Å². The highest BCUT2D eigenvalue weighted by Gasteiger charge is 2.27. The first-order chi connectivity index (χ1) is 8.60. The number of ether oxygens (including phenoxy) is 2. The van der Waals surface area contributed by atoms with E-state index in [1.807, 2.05) is 0 Å². The molecule has 108 valence electrons. The van der Waals surface area contributed by atoms with Crippen LogP contribution in [0.4, 0.5) is 4.79 Å². The first-order valence-corrected chi connectivity index (χ1v) is 7.10. The summed E-state index contributed by atoms with van der Waals surface area (Å²) in [5.74, 6) is -0.847. The molecule has 0 saturated heterocycles. The Morgan fingerprint density at radius 1 is 1.17 bits per heavy atom. The van der Waals surface area contributed by atoms with Crippen LogP contribution >= 0.6 is 0 Å². The number of carbonyl (C=O) groups excluding carboxylic acids is 1. The van der Waals surface area contributed by atoms with Crippen molar-refractivity contribution in [3.05, 3.63) is 0 Å². The Hall–Kier alpha value is -0.633. The monoisotopic (exact) mass is 278 g/mol. The molecule has 0 aromatic heterocycles. The number of urea groups is 1. The fourth-order valence-electron chi connectivity index (χ4n) is 1.76. The van der Waals surface area contributed by atoms with Crippen LogP contribution in [-0.2, 0) is 13.9 Å². The summed E-state index contributed by atoms with van der Waals surface area (Å²) < 4.78 is 15.8. The van der Waals surface area contributed by atoms with Gasteiger partial charge in [-0.05, 0) is 12.8 Å². The van der Waals surface area contributed by atoms with Crippen LogP contribution in [0.2, 0.25) is 0 Å². The van der Waals surface area contributed by atoms with Crippen molar-refractivity contribution in [1.29, 1.82) is 0 Å². The van der Waals surface area contributed by atoms with Crippen molar-refractivity contribution in [2.45, 2.75) is 44.5 Å². The Bertz CT molecular complexity index is 217. The molecular formula is C11H26N2O4Si. The lowest BCUT2D eigenvalue weighted by Crippen LogP contribution is -2.36. The van der Waals surface area contributed by atoms with E-state index >= 15 is 0 Å². The van der Waals surface area contributed by atoms with Crippen molar-refractivity contribution in [1.82, 2.24) is 5.32 Å². The molecule has 0 saturated carbocycles. The van der Waals surface area contributed by atoms with Crippen molar-refractivity contribution in [2.24, 2.45) is 5.73 Å². The van der Waals surface area contributed by atoms with Crippen molar-refractivity contribution in [3.63, 3.8) is 0 Å². The fourth-order valence-corrected chi connectivity index (χ4v) is 2.30. The van der Waals surface area contributed by atoms with Gasteiger partial charge >= 0.3 is 6.03 Å². The zero-order valence-electron chi connectivity index (χ0n) is 11.7. The minimum atomic E-state index is -0.847. The van der Waals surface area contributed by atoms with Gasteiger partial charge in [0.25, 0.3) is 5.97 Å². The minimum Gasteiger partial charge on any atom is -0.380 e. The smallest absolute Gasteiger partial charge is 0.312 e. The molecule has 0 atom stereocenters. The quantitative estimate of drug-likeness (QED) is 0.322. The standard InChI is InChI=1S/C11H26N2O4Si/c1-15-11(16-2,17-18)8-6-4-3-5-7-9-13-10(12)14/h3-9H2,1-2,18H3,(H3,12,13,14). The minimum absolute atomic E-state index is 0.454. The number of hydrogen-bond acceptors (Lipinski definition) is 4. The van der Waals surface area contributed by atoms with E-state index in [0.29, 0.717) is 17.0 Å². The predicted octanol–water partition coefficient (Wildman–Crippen LogP) is 0.239. The summed E-state index contributed by atoms with van der Waals surface area (Å²) in [6.07, 6.45) is 5.98. The molecule has 0 bridgehead atoms. The third kappa shape index (κ3) is 7.65. The second kappa shape index (κ2) is 10.3. The SMILES string of the molecule is COC(CCCCCCCNC(N)=O)(OC)O[SiH3]. The summed E-state index contributed by atoms with van der Waals surface area (Å²) in [5, 5.41) is 2.57. The van der Waals surface area contributed by atoms with Gasteiger partial charge in [-0.1, -0.05) is 19.3 Å². The molecule has 18 heavy (non-hydrogen) atoms. The van der Waals surface area contributed by atoms with Crippen LogP contribution in [0.1, 0.15) is 38.5 Å². The average Bonchev–Trinajstić information content (AvgIpc) is 2.38. The molecule has 0 aliphatic heterocycles. The molecule has 6 nitrogen and oxygen atoms in total. The second-order valence-electron chi connectivity index (χ2n) is 4.10. The van der Waals surface area contributed by atoms with Gasteiger partial charge in [0.05, 0.1) is 0 Å². The highest BCUT2D eigenvalue weighted by atomic mass is 28.2. The summed E-state index contributed by atoms with van der Waals surface area (Å²) in [5.41, 5.74) is 4.96. The van der Waals surface area contributed by atoms with E-state index in [1.165, 1.54) is 0 Å². The van der Waals surface area contributed by atoms with E-state index in [0.717, 1.165) is 38.5 Å². The zero-order chi connectivity index (χ0) is 13.9. The Balaban J connectivity index is 3.47. The Morgan fingerprint density at radius 2 is 1.72 bits per heavy atom. The van der Waals surface area contributed by atoms with Gasteiger partial charge in [0, 0.05) is 27.2 Å². The van der Waals surface area contributed by atoms with Gasteiger partial charge in [0.1, 0.15) is 0 Å². The number of carbonyl (C=O) groups is 1. The lowest BCUT2D eigenvalue weighted by Gasteiger charge is -2.29. The molecule has 0 heterocycles. The normalized spacial score (nSPS) is 11.7. The number of primary amides is 1. The van der Waals surface area contributed by atoms with Crippen LogP contribution in [-0.4, -0.2) is 43.3 Å². The summed E-state index contributed by atoms with van der Waals surface area (Å²) in [7, 11) is 3.77. The van der Waals surface area contributed by atoms with Crippen LogP contribution in [0.3, 0.4) is 0 Å². The van der Waals surface area contributed by atoms with Gasteiger partial charge in [-0.25, -0.2) is 4.79 Å². The molecule has 0 radical (unpaired) electrons. The van der Waals surface area contributed by atoms with E-state index in [1.54, 1.807) is 14.2 Å². The largest absolute Gasteiger partial charge is 0.380 e. The third-order valence-corrected chi connectivity index (χ3v) is 3.51. The van der Waals surface area contributed by atoms with Crippen molar-refractivity contribution < 1.29 is 18.7 Å². The third-order valence-electron chi connectivity index (χ3n) is 2.89. The maximum Gasteiger partial charge on any atom is 0.312 e. The molecule has 0 aromatic carbocycles. The maximum absolute atomic E-state index is 10.4. The van der Waals surface area contributed by atoms with Crippen LogP contribution in [0, 0.1) is 0 Å². The second-order valence-corrected chi connectivity index (χ2v) is 4.51. The van der Waals surface area contributed by atoms with Gasteiger partial charge in [-0.3, -0.25) is 0 Å². The molecule has 0 unspecified atom stereocenters.